The van der Waals surface area contributed by atoms with Crippen molar-refractivity contribution >= 4 is 11.7 Å². The number of ether oxygens (including phenoxy) is 2. The number of alkyl halides is 2. The highest BCUT2D eigenvalue weighted by atomic mass is 19.3. The van der Waals surface area contributed by atoms with Crippen LogP contribution in [-0.4, -0.2) is 78.6 Å². The fraction of sp³-hybridized carbons (Fsp3) is 0.400. The number of urea groups is 1. The molecule has 2 fully saturated rings. The number of hydrogen-bond acceptors (Lipinski definition) is 7. The van der Waals surface area contributed by atoms with E-state index in [1.807, 2.05) is 0 Å². The Hall–Kier alpha value is -3.64. The molecule has 9 nitrogen and oxygen atoms in total. The predicted molar refractivity (Wildman–Crippen MR) is 127 cm³/mol. The minimum Gasteiger partial charge on any atom is -0.497 e. The van der Waals surface area contributed by atoms with Crippen molar-refractivity contribution in [3.05, 3.63) is 59.7 Å². The van der Waals surface area contributed by atoms with Crippen LogP contribution in [0.15, 0.2) is 46.9 Å². The van der Waals surface area contributed by atoms with Crippen molar-refractivity contribution < 1.29 is 31.9 Å². The van der Waals surface area contributed by atoms with Crippen molar-refractivity contribution in [3.63, 3.8) is 0 Å². The second kappa shape index (κ2) is 10.8. The summed E-state index contributed by atoms with van der Waals surface area (Å²) in [6.45, 7) is 3.93. The molecule has 0 spiro atoms. The van der Waals surface area contributed by atoms with Gasteiger partial charge in [-0.25, -0.2) is 9.18 Å². The highest BCUT2D eigenvalue weighted by molar-refractivity contribution is 5.92. The van der Waals surface area contributed by atoms with Crippen LogP contribution in [0, 0.1) is 5.82 Å². The molecular formula is C25H26F3N5O4. The summed E-state index contributed by atoms with van der Waals surface area (Å²) in [5.74, 6) is -1.12. The Kier molecular flexibility index (Phi) is 7.28. The van der Waals surface area contributed by atoms with Gasteiger partial charge in [0.1, 0.15) is 11.6 Å². The number of halogens is 3. The maximum absolute atomic E-state index is 15.2. The summed E-state index contributed by atoms with van der Waals surface area (Å²) in [6, 6.07) is 11.3. The van der Waals surface area contributed by atoms with Gasteiger partial charge in [0.25, 0.3) is 5.89 Å². The van der Waals surface area contributed by atoms with Gasteiger partial charge in [-0.1, -0.05) is 12.1 Å². The van der Waals surface area contributed by atoms with Crippen LogP contribution in [0.4, 0.5) is 23.7 Å². The Balaban J connectivity index is 1.37. The largest absolute Gasteiger partial charge is 0.497 e. The Labute approximate surface area is 211 Å². The highest BCUT2D eigenvalue weighted by Gasteiger charge is 2.32. The van der Waals surface area contributed by atoms with Gasteiger partial charge in [-0.3, -0.25) is 9.80 Å². The first-order chi connectivity index (χ1) is 17.9. The molecule has 37 heavy (non-hydrogen) atoms. The summed E-state index contributed by atoms with van der Waals surface area (Å²) in [4.78, 5) is 19.2. The Bertz CT molecular complexity index is 1240. The van der Waals surface area contributed by atoms with E-state index in [0.29, 0.717) is 43.8 Å². The molecule has 0 aliphatic carbocycles. The number of carbonyl (C=O) groups excluding carboxylic acids is 1. The molecule has 0 saturated carbocycles. The van der Waals surface area contributed by atoms with Crippen LogP contribution in [0.5, 0.6) is 5.75 Å². The minimum absolute atomic E-state index is 0.0547. The minimum atomic E-state index is -2.92. The summed E-state index contributed by atoms with van der Waals surface area (Å²) in [5.41, 5.74) is 0.955. The summed E-state index contributed by atoms with van der Waals surface area (Å²) in [5, 5.41) is 6.84. The molecule has 0 atom stereocenters. The third-order valence-corrected chi connectivity index (χ3v) is 6.57. The Morgan fingerprint density at radius 2 is 1.92 bits per heavy atom. The molecule has 3 aromatic rings. The van der Waals surface area contributed by atoms with Crippen molar-refractivity contribution in [3.8, 4) is 17.2 Å². The fourth-order valence-corrected chi connectivity index (χ4v) is 4.35. The second-order valence-corrected chi connectivity index (χ2v) is 8.84. The van der Waals surface area contributed by atoms with E-state index in [1.54, 1.807) is 29.2 Å². The van der Waals surface area contributed by atoms with Crippen molar-refractivity contribution in [1.82, 2.24) is 20.0 Å². The van der Waals surface area contributed by atoms with Gasteiger partial charge >= 0.3 is 12.5 Å². The molecule has 196 valence electrons. The van der Waals surface area contributed by atoms with Crippen molar-refractivity contribution in [2.45, 2.75) is 19.0 Å². The monoisotopic (exact) mass is 517 g/mol. The first kappa shape index (κ1) is 25.0. The number of rotatable bonds is 7. The van der Waals surface area contributed by atoms with E-state index in [9.17, 15) is 13.6 Å². The Morgan fingerprint density at radius 3 is 2.54 bits per heavy atom. The van der Waals surface area contributed by atoms with E-state index in [2.05, 4.69) is 15.1 Å². The zero-order valence-corrected chi connectivity index (χ0v) is 20.1. The van der Waals surface area contributed by atoms with Gasteiger partial charge in [0, 0.05) is 49.1 Å². The maximum Gasteiger partial charge on any atom is 0.324 e. The Morgan fingerprint density at radius 1 is 1.14 bits per heavy atom. The third kappa shape index (κ3) is 5.39. The van der Waals surface area contributed by atoms with Crippen LogP contribution in [0.3, 0.4) is 0 Å². The van der Waals surface area contributed by atoms with E-state index in [0.717, 1.165) is 19.2 Å². The molecule has 2 saturated heterocycles. The first-order valence-electron chi connectivity index (χ1n) is 11.9. The summed E-state index contributed by atoms with van der Waals surface area (Å²) < 4.78 is 56.3. The predicted octanol–water partition coefficient (Wildman–Crippen LogP) is 3.96. The van der Waals surface area contributed by atoms with Crippen molar-refractivity contribution in [2.75, 3.05) is 51.4 Å². The standard InChI is InChI=1S/C25H26F3N5O4/c1-35-20-4-2-3-18(12-20)33(25(34)32-9-7-31(8-10-32)19-14-36-15-19)13-17-6-5-16(11-21(17)26)23-29-30-24(37-23)22(27)28/h2-6,11-12,19,22H,7-10,13-15H2,1H3. The van der Waals surface area contributed by atoms with Crippen LogP contribution >= 0.6 is 0 Å². The molecule has 1 aromatic heterocycles. The molecule has 0 radical (unpaired) electrons. The molecule has 2 amide bonds. The van der Waals surface area contributed by atoms with E-state index < -0.39 is 18.1 Å². The van der Waals surface area contributed by atoms with Crippen LogP contribution in [-0.2, 0) is 11.3 Å². The van der Waals surface area contributed by atoms with Gasteiger partial charge in [-0.2, -0.15) is 8.78 Å². The lowest BCUT2D eigenvalue weighted by Gasteiger charge is -2.43. The molecule has 0 N–H and O–H groups in total. The van der Waals surface area contributed by atoms with Gasteiger partial charge in [-0.15, -0.1) is 10.2 Å². The molecule has 2 aliphatic rings. The van der Waals surface area contributed by atoms with Gasteiger partial charge in [0.15, 0.2) is 0 Å². The summed E-state index contributed by atoms with van der Waals surface area (Å²) in [7, 11) is 1.53. The second-order valence-electron chi connectivity index (χ2n) is 8.84. The number of carbonyl (C=O) groups is 1. The van der Waals surface area contributed by atoms with E-state index in [-0.39, 0.29) is 29.6 Å². The van der Waals surface area contributed by atoms with Gasteiger partial charge in [0.05, 0.1) is 32.9 Å². The lowest BCUT2D eigenvalue weighted by atomic mass is 10.1. The number of anilines is 1. The molecule has 2 aromatic carbocycles. The molecule has 2 aliphatic heterocycles. The quantitative estimate of drug-likeness (QED) is 0.469. The number of nitrogens with zero attached hydrogens (tertiary/aromatic N) is 5. The van der Waals surface area contributed by atoms with Crippen LogP contribution < -0.4 is 9.64 Å². The SMILES string of the molecule is COc1cccc(N(Cc2ccc(-c3nnc(C(F)F)o3)cc2F)C(=O)N2CCN(C3COC3)CC2)c1. The number of amides is 2. The van der Waals surface area contributed by atoms with E-state index in [4.69, 9.17) is 13.9 Å². The lowest BCUT2D eigenvalue weighted by molar-refractivity contribution is -0.0738. The smallest absolute Gasteiger partial charge is 0.324 e. The zero-order valence-electron chi connectivity index (χ0n) is 20.1. The first-order valence-corrected chi connectivity index (χ1v) is 11.9. The van der Waals surface area contributed by atoms with Crippen molar-refractivity contribution in [2.24, 2.45) is 0 Å². The molecule has 0 bridgehead atoms. The van der Waals surface area contributed by atoms with Gasteiger partial charge in [0.2, 0.25) is 5.89 Å². The average Bonchev–Trinajstić information content (AvgIpc) is 3.38. The molecule has 3 heterocycles. The topological polar surface area (TPSA) is 84.2 Å². The number of piperazine rings is 1. The van der Waals surface area contributed by atoms with Crippen LogP contribution in [0.1, 0.15) is 17.9 Å². The fourth-order valence-electron chi connectivity index (χ4n) is 4.35. The van der Waals surface area contributed by atoms with Crippen molar-refractivity contribution in [1.29, 1.82) is 0 Å². The molecule has 0 unspecified atom stereocenters. The number of aromatic nitrogens is 2. The molecule has 5 rings (SSSR count). The summed E-state index contributed by atoms with van der Waals surface area (Å²) in [6.07, 6.45) is -2.92. The van der Waals surface area contributed by atoms with E-state index >= 15 is 4.39 Å². The lowest BCUT2D eigenvalue weighted by Crippen LogP contribution is -2.59. The normalized spacial score (nSPS) is 16.6. The number of methoxy groups -OCH3 is 1. The van der Waals surface area contributed by atoms with Gasteiger partial charge < -0.3 is 18.8 Å². The van der Waals surface area contributed by atoms with Crippen LogP contribution in [0.2, 0.25) is 0 Å². The van der Waals surface area contributed by atoms with Gasteiger partial charge in [-0.05, 0) is 24.3 Å². The average molecular weight is 518 g/mol. The maximum atomic E-state index is 15.2. The highest BCUT2D eigenvalue weighted by Crippen LogP contribution is 2.28. The zero-order chi connectivity index (χ0) is 25.9. The number of benzene rings is 2. The number of hydrogen-bond donors (Lipinski definition) is 0. The molecular weight excluding hydrogens is 491 g/mol. The van der Waals surface area contributed by atoms with E-state index in [1.165, 1.54) is 24.1 Å². The third-order valence-electron chi connectivity index (χ3n) is 6.57. The summed E-state index contributed by atoms with van der Waals surface area (Å²) >= 11 is 0. The molecule has 12 heteroatoms. The van der Waals surface area contributed by atoms with Crippen LogP contribution in [0.25, 0.3) is 11.5 Å².